The van der Waals surface area contributed by atoms with Gasteiger partial charge in [0, 0.05) is 44.8 Å². The van der Waals surface area contributed by atoms with E-state index in [0.29, 0.717) is 19.1 Å². The predicted octanol–water partition coefficient (Wildman–Crippen LogP) is 4.11. The molecule has 7 nitrogen and oxygen atoms in total. The van der Waals surface area contributed by atoms with Crippen molar-refractivity contribution in [2.45, 2.75) is 13.0 Å². The second-order valence-corrected chi connectivity index (χ2v) is 7.86. The van der Waals surface area contributed by atoms with Crippen molar-refractivity contribution in [3.05, 3.63) is 66.2 Å². The SMILES string of the molecule is COCCCNc1nccc(-c2c(-c3ccc(F)cc3)nc3cc(CN(C)C)ccn23)n1. The summed E-state index contributed by atoms with van der Waals surface area (Å²) in [5, 5.41) is 3.24. The Labute approximate surface area is 186 Å². The first-order valence-corrected chi connectivity index (χ1v) is 10.5. The van der Waals surface area contributed by atoms with E-state index in [2.05, 4.69) is 27.3 Å². The molecule has 0 atom stereocenters. The lowest BCUT2D eigenvalue weighted by Crippen LogP contribution is -2.10. The summed E-state index contributed by atoms with van der Waals surface area (Å²) in [6.45, 7) is 2.20. The number of rotatable bonds is 9. The highest BCUT2D eigenvalue weighted by molar-refractivity contribution is 5.80. The summed E-state index contributed by atoms with van der Waals surface area (Å²) < 4.78 is 20.7. The molecule has 1 aromatic carbocycles. The van der Waals surface area contributed by atoms with Gasteiger partial charge in [-0.15, -0.1) is 0 Å². The fourth-order valence-electron chi connectivity index (χ4n) is 3.60. The van der Waals surface area contributed by atoms with E-state index in [1.165, 1.54) is 12.1 Å². The van der Waals surface area contributed by atoms with Gasteiger partial charge in [0.05, 0.1) is 17.1 Å². The van der Waals surface area contributed by atoms with Gasteiger partial charge < -0.3 is 15.0 Å². The molecule has 0 aliphatic heterocycles. The maximum atomic E-state index is 13.6. The number of halogens is 1. The molecule has 0 spiro atoms. The number of nitrogens with zero attached hydrogens (tertiary/aromatic N) is 5. The van der Waals surface area contributed by atoms with Crippen molar-refractivity contribution in [3.63, 3.8) is 0 Å². The summed E-state index contributed by atoms with van der Waals surface area (Å²) in [5.74, 6) is 0.264. The smallest absolute Gasteiger partial charge is 0.223 e. The average molecular weight is 435 g/mol. The fourth-order valence-corrected chi connectivity index (χ4v) is 3.60. The Morgan fingerprint density at radius 1 is 1.09 bits per heavy atom. The number of nitrogens with one attached hydrogen (secondary N) is 1. The number of methoxy groups -OCH3 is 1. The van der Waals surface area contributed by atoms with Crippen LogP contribution in [0.5, 0.6) is 0 Å². The maximum Gasteiger partial charge on any atom is 0.223 e. The van der Waals surface area contributed by atoms with Crippen LogP contribution in [0.1, 0.15) is 12.0 Å². The van der Waals surface area contributed by atoms with Crippen molar-refractivity contribution < 1.29 is 9.13 Å². The topological polar surface area (TPSA) is 67.6 Å². The van der Waals surface area contributed by atoms with Gasteiger partial charge in [0.2, 0.25) is 5.95 Å². The highest BCUT2D eigenvalue weighted by atomic mass is 19.1. The van der Waals surface area contributed by atoms with E-state index in [1.54, 1.807) is 25.4 Å². The highest BCUT2D eigenvalue weighted by Crippen LogP contribution is 2.32. The third-order valence-corrected chi connectivity index (χ3v) is 5.01. The van der Waals surface area contributed by atoms with Crippen LogP contribution < -0.4 is 5.32 Å². The molecule has 1 N–H and O–H groups in total. The Kier molecular flexibility index (Phi) is 6.72. The molecule has 8 heteroatoms. The lowest BCUT2D eigenvalue weighted by Gasteiger charge is -2.10. The number of ether oxygens (including phenoxy) is 1. The third kappa shape index (κ3) is 4.92. The zero-order valence-electron chi connectivity index (χ0n) is 18.5. The van der Waals surface area contributed by atoms with Crippen molar-refractivity contribution in [2.75, 3.05) is 39.7 Å². The van der Waals surface area contributed by atoms with E-state index < -0.39 is 0 Å². The van der Waals surface area contributed by atoms with Gasteiger partial charge >= 0.3 is 0 Å². The molecule has 0 aliphatic rings. The molecule has 3 aromatic heterocycles. The third-order valence-electron chi connectivity index (χ3n) is 5.01. The quantitative estimate of drug-likeness (QED) is 0.400. The number of hydrogen-bond acceptors (Lipinski definition) is 6. The molecule has 0 saturated heterocycles. The summed E-state index contributed by atoms with van der Waals surface area (Å²) in [7, 11) is 5.75. The fraction of sp³-hybridized carbons (Fsp3) is 0.292. The van der Waals surface area contributed by atoms with E-state index >= 15 is 0 Å². The van der Waals surface area contributed by atoms with Crippen LogP contribution >= 0.6 is 0 Å². The normalized spacial score (nSPS) is 11.4. The molecular weight excluding hydrogens is 407 g/mol. The van der Waals surface area contributed by atoms with Crippen molar-refractivity contribution in [3.8, 4) is 22.6 Å². The Balaban J connectivity index is 1.79. The number of fused-ring (bicyclic) bond motifs is 1. The lowest BCUT2D eigenvalue weighted by atomic mass is 10.1. The van der Waals surface area contributed by atoms with Crippen LogP contribution in [0.3, 0.4) is 0 Å². The van der Waals surface area contributed by atoms with Crippen molar-refractivity contribution >= 4 is 11.6 Å². The molecule has 3 heterocycles. The van der Waals surface area contributed by atoms with E-state index in [1.807, 2.05) is 30.8 Å². The van der Waals surface area contributed by atoms with Gasteiger partial charge in [0.1, 0.15) is 11.5 Å². The molecule has 4 rings (SSSR count). The van der Waals surface area contributed by atoms with Crippen LogP contribution in [-0.2, 0) is 11.3 Å². The number of aromatic nitrogens is 4. The first kappa shape index (κ1) is 21.9. The molecule has 0 saturated carbocycles. The number of hydrogen-bond donors (Lipinski definition) is 1. The van der Waals surface area contributed by atoms with E-state index in [4.69, 9.17) is 14.7 Å². The average Bonchev–Trinajstić information content (AvgIpc) is 3.16. The Hall–Kier alpha value is -3.36. The van der Waals surface area contributed by atoms with Gasteiger partial charge in [-0.05, 0) is 68.5 Å². The molecular formula is C24H27FN6O. The number of pyridine rings is 1. The van der Waals surface area contributed by atoms with Gasteiger partial charge in [-0.25, -0.2) is 19.3 Å². The summed E-state index contributed by atoms with van der Waals surface area (Å²) in [6, 6.07) is 12.4. The molecule has 0 bridgehead atoms. The van der Waals surface area contributed by atoms with Gasteiger partial charge in [-0.3, -0.25) is 4.40 Å². The summed E-state index contributed by atoms with van der Waals surface area (Å²) in [6.07, 6.45) is 4.60. The first-order valence-electron chi connectivity index (χ1n) is 10.5. The van der Waals surface area contributed by atoms with Crippen LogP contribution in [-0.4, -0.2) is 58.6 Å². The molecule has 166 valence electrons. The Morgan fingerprint density at radius 3 is 2.66 bits per heavy atom. The Morgan fingerprint density at radius 2 is 1.91 bits per heavy atom. The van der Waals surface area contributed by atoms with E-state index in [9.17, 15) is 4.39 Å². The monoisotopic (exact) mass is 434 g/mol. The van der Waals surface area contributed by atoms with Crippen LogP contribution in [0, 0.1) is 5.82 Å². The zero-order chi connectivity index (χ0) is 22.5. The first-order chi connectivity index (χ1) is 15.5. The predicted molar refractivity (Wildman–Crippen MR) is 124 cm³/mol. The van der Waals surface area contributed by atoms with E-state index in [0.717, 1.165) is 46.8 Å². The largest absolute Gasteiger partial charge is 0.385 e. The van der Waals surface area contributed by atoms with Crippen molar-refractivity contribution in [1.82, 2.24) is 24.3 Å². The van der Waals surface area contributed by atoms with Gasteiger partial charge in [-0.2, -0.15) is 0 Å². The molecule has 0 amide bonds. The standard InChI is InChI=1S/C24H27FN6O/c1-30(2)16-17-10-13-31-21(15-17)29-22(18-5-7-19(25)8-6-18)23(31)20-9-12-27-24(28-20)26-11-4-14-32-3/h5-10,12-13,15H,4,11,14,16H2,1-3H3,(H,26,27,28). The highest BCUT2D eigenvalue weighted by Gasteiger charge is 2.18. The van der Waals surface area contributed by atoms with Crippen LogP contribution in [0.25, 0.3) is 28.3 Å². The summed E-state index contributed by atoms with van der Waals surface area (Å²) >= 11 is 0. The minimum Gasteiger partial charge on any atom is -0.385 e. The number of imidazole rings is 1. The zero-order valence-corrected chi connectivity index (χ0v) is 18.5. The van der Waals surface area contributed by atoms with Crippen LogP contribution in [0.4, 0.5) is 10.3 Å². The number of benzene rings is 1. The second kappa shape index (κ2) is 9.84. The van der Waals surface area contributed by atoms with Gasteiger partial charge in [-0.1, -0.05) is 0 Å². The molecule has 0 unspecified atom stereocenters. The maximum absolute atomic E-state index is 13.6. The van der Waals surface area contributed by atoms with Gasteiger partial charge in [0.25, 0.3) is 0 Å². The van der Waals surface area contributed by atoms with Crippen molar-refractivity contribution in [1.29, 1.82) is 0 Å². The molecule has 0 radical (unpaired) electrons. The lowest BCUT2D eigenvalue weighted by molar-refractivity contribution is 0.197. The second-order valence-electron chi connectivity index (χ2n) is 7.86. The van der Waals surface area contributed by atoms with Crippen LogP contribution in [0.2, 0.25) is 0 Å². The Bertz CT molecular complexity index is 1190. The molecule has 4 aromatic rings. The molecule has 0 aliphatic carbocycles. The molecule has 0 fully saturated rings. The van der Waals surface area contributed by atoms with Gasteiger partial charge in [0.15, 0.2) is 0 Å². The minimum absolute atomic E-state index is 0.281. The molecule has 32 heavy (non-hydrogen) atoms. The number of anilines is 1. The van der Waals surface area contributed by atoms with Crippen LogP contribution in [0.15, 0.2) is 54.9 Å². The van der Waals surface area contributed by atoms with E-state index in [-0.39, 0.29) is 5.82 Å². The van der Waals surface area contributed by atoms with Crippen molar-refractivity contribution in [2.24, 2.45) is 0 Å². The summed E-state index contributed by atoms with van der Waals surface area (Å²) in [5.41, 5.74) is 5.12. The summed E-state index contributed by atoms with van der Waals surface area (Å²) in [4.78, 5) is 16.1. The minimum atomic E-state index is -0.281.